The second-order valence-corrected chi connectivity index (χ2v) is 9.90. The second kappa shape index (κ2) is 10.2. The summed E-state index contributed by atoms with van der Waals surface area (Å²) in [6.07, 6.45) is 1.89. The first-order valence-corrected chi connectivity index (χ1v) is 12.6. The molecule has 1 heterocycles. The quantitative estimate of drug-likeness (QED) is 0.524. The fourth-order valence-corrected chi connectivity index (χ4v) is 5.64. The molecule has 0 unspecified atom stereocenters. The molecule has 1 amide bonds. The Labute approximate surface area is 195 Å². The number of sulfonamides is 1. The van der Waals surface area contributed by atoms with E-state index in [9.17, 15) is 13.2 Å². The molecule has 0 saturated carbocycles. The standard InChI is InChI=1S/C26H28N2O4S/c1-2-32-24-15-14-23(19-25(24)33(30,31)28-16-6-7-17-28)27-26(29)18-20-10-12-22(13-11-20)21-8-4-3-5-9-21/h3-5,8-15,19H,2,6-7,16-18H2,1H3,(H,27,29). The van der Waals surface area contributed by atoms with Gasteiger partial charge < -0.3 is 10.1 Å². The summed E-state index contributed by atoms with van der Waals surface area (Å²) in [5, 5.41) is 2.83. The third-order valence-electron chi connectivity index (χ3n) is 5.64. The zero-order valence-electron chi connectivity index (χ0n) is 18.7. The normalized spacial score (nSPS) is 14.2. The van der Waals surface area contributed by atoms with E-state index < -0.39 is 10.0 Å². The molecule has 6 nitrogen and oxygen atoms in total. The first-order chi connectivity index (χ1) is 16.0. The average Bonchev–Trinajstić information content (AvgIpc) is 3.37. The molecule has 0 atom stereocenters. The number of benzene rings is 3. The van der Waals surface area contributed by atoms with Crippen molar-refractivity contribution >= 4 is 21.6 Å². The summed E-state index contributed by atoms with van der Waals surface area (Å²) in [7, 11) is -3.68. The van der Waals surface area contributed by atoms with Crippen molar-refractivity contribution in [2.24, 2.45) is 0 Å². The number of amides is 1. The summed E-state index contributed by atoms with van der Waals surface area (Å²) >= 11 is 0. The van der Waals surface area contributed by atoms with Gasteiger partial charge in [0.1, 0.15) is 10.6 Å². The van der Waals surface area contributed by atoms with Crippen molar-refractivity contribution in [3.63, 3.8) is 0 Å². The van der Waals surface area contributed by atoms with Crippen LogP contribution in [0.1, 0.15) is 25.3 Å². The van der Waals surface area contributed by atoms with Crippen LogP contribution in [-0.2, 0) is 21.2 Å². The fraction of sp³-hybridized carbons (Fsp3) is 0.269. The van der Waals surface area contributed by atoms with Crippen LogP contribution in [0.3, 0.4) is 0 Å². The third-order valence-corrected chi connectivity index (χ3v) is 7.56. The predicted molar refractivity (Wildman–Crippen MR) is 130 cm³/mol. The van der Waals surface area contributed by atoms with Crippen LogP contribution in [0.2, 0.25) is 0 Å². The van der Waals surface area contributed by atoms with Crippen molar-refractivity contribution in [2.45, 2.75) is 31.1 Å². The highest BCUT2D eigenvalue weighted by Crippen LogP contribution is 2.31. The van der Waals surface area contributed by atoms with Gasteiger partial charge in [-0.2, -0.15) is 4.31 Å². The lowest BCUT2D eigenvalue weighted by Crippen LogP contribution is -2.28. The van der Waals surface area contributed by atoms with Gasteiger partial charge >= 0.3 is 0 Å². The molecular formula is C26H28N2O4S. The Hall–Kier alpha value is -3.16. The Morgan fingerprint density at radius 1 is 0.939 bits per heavy atom. The monoisotopic (exact) mass is 464 g/mol. The van der Waals surface area contributed by atoms with E-state index in [0.29, 0.717) is 31.1 Å². The minimum Gasteiger partial charge on any atom is -0.492 e. The molecule has 3 aromatic rings. The van der Waals surface area contributed by atoms with Gasteiger partial charge in [-0.15, -0.1) is 0 Å². The van der Waals surface area contributed by atoms with Crippen LogP contribution < -0.4 is 10.1 Å². The largest absolute Gasteiger partial charge is 0.492 e. The number of ether oxygens (including phenoxy) is 1. The summed E-state index contributed by atoms with van der Waals surface area (Å²) < 4.78 is 33.3. The summed E-state index contributed by atoms with van der Waals surface area (Å²) in [6, 6.07) is 22.7. The molecule has 1 saturated heterocycles. The number of hydrogen-bond donors (Lipinski definition) is 1. The van der Waals surface area contributed by atoms with E-state index in [1.165, 1.54) is 10.4 Å². The number of nitrogens with zero attached hydrogens (tertiary/aromatic N) is 1. The van der Waals surface area contributed by atoms with Crippen molar-refractivity contribution in [3.05, 3.63) is 78.4 Å². The molecule has 0 bridgehead atoms. The van der Waals surface area contributed by atoms with E-state index in [2.05, 4.69) is 5.32 Å². The zero-order valence-corrected chi connectivity index (χ0v) is 19.5. The van der Waals surface area contributed by atoms with Gasteiger partial charge in [-0.05, 0) is 54.7 Å². The van der Waals surface area contributed by atoms with Crippen LogP contribution in [0, 0.1) is 0 Å². The molecule has 3 aromatic carbocycles. The molecule has 1 aliphatic rings. The summed E-state index contributed by atoms with van der Waals surface area (Å²) in [5.74, 6) is 0.0926. The first-order valence-electron chi connectivity index (χ1n) is 11.2. The SMILES string of the molecule is CCOc1ccc(NC(=O)Cc2ccc(-c3ccccc3)cc2)cc1S(=O)(=O)N1CCCC1. The van der Waals surface area contributed by atoms with E-state index in [1.54, 1.807) is 12.1 Å². The van der Waals surface area contributed by atoms with E-state index in [1.807, 2.05) is 61.5 Å². The second-order valence-electron chi connectivity index (χ2n) is 7.99. The van der Waals surface area contributed by atoms with Gasteiger partial charge in [0.2, 0.25) is 15.9 Å². The van der Waals surface area contributed by atoms with Gasteiger partial charge in [-0.25, -0.2) is 8.42 Å². The Kier molecular flexibility index (Phi) is 7.11. The molecular weight excluding hydrogens is 436 g/mol. The molecule has 7 heteroatoms. The van der Waals surface area contributed by atoms with Crippen molar-refractivity contribution in [2.75, 3.05) is 25.0 Å². The van der Waals surface area contributed by atoms with Crippen LogP contribution in [0.4, 0.5) is 5.69 Å². The van der Waals surface area contributed by atoms with E-state index in [0.717, 1.165) is 29.5 Å². The van der Waals surface area contributed by atoms with Crippen molar-refractivity contribution in [3.8, 4) is 16.9 Å². The van der Waals surface area contributed by atoms with Gasteiger partial charge in [0.25, 0.3) is 0 Å². The molecule has 0 aromatic heterocycles. The maximum Gasteiger partial charge on any atom is 0.246 e. The molecule has 33 heavy (non-hydrogen) atoms. The zero-order chi connectivity index (χ0) is 23.3. The smallest absolute Gasteiger partial charge is 0.246 e. The van der Waals surface area contributed by atoms with Crippen molar-refractivity contribution in [1.29, 1.82) is 0 Å². The number of anilines is 1. The van der Waals surface area contributed by atoms with E-state index in [4.69, 9.17) is 4.74 Å². The van der Waals surface area contributed by atoms with Gasteiger partial charge in [0, 0.05) is 18.8 Å². The highest BCUT2D eigenvalue weighted by atomic mass is 32.2. The van der Waals surface area contributed by atoms with Gasteiger partial charge in [0.15, 0.2) is 0 Å². The molecule has 1 aliphatic heterocycles. The molecule has 4 rings (SSSR count). The van der Waals surface area contributed by atoms with Crippen LogP contribution in [-0.4, -0.2) is 38.3 Å². The van der Waals surface area contributed by atoms with Gasteiger partial charge in [-0.1, -0.05) is 54.6 Å². The summed E-state index contributed by atoms with van der Waals surface area (Å²) in [5.41, 5.74) is 3.52. The Morgan fingerprint density at radius 3 is 2.27 bits per heavy atom. The maximum atomic E-state index is 13.1. The minimum absolute atomic E-state index is 0.0938. The maximum absolute atomic E-state index is 13.1. The number of carbonyl (C=O) groups excluding carboxylic acids is 1. The van der Waals surface area contributed by atoms with Gasteiger partial charge in [0.05, 0.1) is 13.0 Å². The Morgan fingerprint density at radius 2 is 1.61 bits per heavy atom. The van der Waals surface area contributed by atoms with Crippen LogP contribution in [0.15, 0.2) is 77.7 Å². The molecule has 172 valence electrons. The molecule has 1 fully saturated rings. The first kappa shape index (κ1) is 23.0. The third kappa shape index (κ3) is 5.43. The van der Waals surface area contributed by atoms with Crippen molar-refractivity contribution < 1.29 is 17.9 Å². The van der Waals surface area contributed by atoms with Crippen LogP contribution >= 0.6 is 0 Å². The lowest BCUT2D eigenvalue weighted by Gasteiger charge is -2.19. The summed E-state index contributed by atoms with van der Waals surface area (Å²) in [6.45, 7) is 3.17. The Balaban J connectivity index is 1.48. The number of carbonyl (C=O) groups is 1. The molecule has 0 aliphatic carbocycles. The van der Waals surface area contributed by atoms with Crippen LogP contribution in [0.25, 0.3) is 11.1 Å². The Bertz CT molecular complexity index is 1200. The fourth-order valence-electron chi connectivity index (χ4n) is 3.97. The average molecular weight is 465 g/mol. The van der Waals surface area contributed by atoms with Crippen molar-refractivity contribution in [1.82, 2.24) is 4.31 Å². The molecule has 0 spiro atoms. The number of hydrogen-bond acceptors (Lipinski definition) is 4. The van der Waals surface area contributed by atoms with E-state index >= 15 is 0 Å². The topological polar surface area (TPSA) is 75.7 Å². The predicted octanol–water partition coefficient (Wildman–Crippen LogP) is 4.72. The highest BCUT2D eigenvalue weighted by molar-refractivity contribution is 7.89. The number of rotatable bonds is 8. The van der Waals surface area contributed by atoms with E-state index in [-0.39, 0.29) is 17.2 Å². The van der Waals surface area contributed by atoms with Crippen LogP contribution in [0.5, 0.6) is 5.75 Å². The molecule has 0 radical (unpaired) electrons. The highest BCUT2D eigenvalue weighted by Gasteiger charge is 2.30. The summed E-state index contributed by atoms with van der Waals surface area (Å²) in [4.78, 5) is 12.8. The lowest BCUT2D eigenvalue weighted by atomic mass is 10.0. The number of nitrogens with one attached hydrogen (secondary N) is 1. The lowest BCUT2D eigenvalue weighted by molar-refractivity contribution is -0.115. The molecule has 1 N–H and O–H groups in total. The van der Waals surface area contributed by atoms with Gasteiger partial charge in [-0.3, -0.25) is 4.79 Å². The minimum atomic E-state index is -3.68.